The highest BCUT2D eigenvalue weighted by molar-refractivity contribution is 6.30. The number of hydrogen-bond donors (Lipinski definition) is 2. The predicted molar refractivity (Wildman–Crippen MR) is 104 cm³/mol. The lowest BCUT2D eigenvalue weighted by molar-refractivity contribution is -0.118. The zero-order chi connectivity index (χ0) is 20.0. The molecule has 2 aromatic rings. The molecule has 0 saturated carbocycles. The van der Waals surface area contributed by atoms with Gasteiger partial charge < -0.3 is 10.6 Å². The zero-order valence-electron chi connectivity index (χ0n) is 15.2. The van der Waals surface area contributed by atoms with Crippen molar-refractivity contribution in [2.45, 2.75) is 20.3 Å². The van der Waals surface area contributed by atoms with Crippen molar-refractivity contribution < 1.29 is 14.0 Å². The van der Waals surface area contributed by atoms with Crippen LogP contribution in [0.4, 0.5) is 10.1 Å². The number of hydrogen-bond acceptors (Lipinski definition) is 3. The highest BCUT2D eigenvalue weighted by atomic mass is 35.5. The summed E-state index contributed by atoms with van der Waals surface area (Å²) in [5, 5.41) is 5.73. The number of carbonyl (C=O) groups excluding carboxylic acids is 2. The van der Waals surface area contributed by atoms with Crippen LogP contribution in [0.25, 0.3) is 0 Å². The van der Waals surface area contributed by atoms with Crippen molar-refractivity contribution in [3.8, 4) is 0 Å². The Morgan fingerprint density at radius 2 is 1.89 bits per heavy atom. The Labute approximate surface area is 162 Å². The Balaban J connectivity index is 1.81. The Morgan fingerprint density at radius 3 is 2.52 bits per heavy atom. The molecule has 0 unspecified atom stereocenters. The van der Waals surface area contributed by atoms with Gasteiger partial charge in [0.1, 0.15) is 16.7 Å². The van der Waals surface area contributed by atoms with Gasteiger partial charge in [0.2, 0.25) is 5.91 Å². The van der Waals surface area contributed by atoms with Gasteiger partial charge in [-0.15, -0.1) is 0 Å². The van der Waals surface area contributed by atoms with Gasteiger partial charge in [0.15, 0.2) is 0 Å². The molecule has 1 heterocycles. The van der Waals surface area contributed by atoms with E-state index in [1.165, 1.54) is 24.3 Å². The van der Waals surface area contributed by atoms with E-state index in [9.17, 15) is 14.0 Å². The van der Waals surface area contributed by atoms with Gasteiger partial charge in [-0.2, -0.15) is 0 Å². The molecule has 5 nitrogen and oxygen atoms in total. The zero-order valence-corrected chi connectivity index (χ0v) is 15.9. The van der Waals surface area contributed by atoms with Crippen molar-refractivity contribution >= 4 is 29.1 Å². The van der Waals surface area contributed by atoms with Crippen LogP contribution in [0.1, 0.15) is 29.4 Å². The predicted octanol–water partition coefficient (Wildman–Crippen LogP) is 4.13. The molecule has 1 aromatic carbocycles. The van der Waals surface area contributed by atoms with Gasteiger partial charge in [-0.1, -0.05) is 29.8 Å². The minimum Gasteiger partial charge on any atom is -0.350 e. The standard InChI is InChI=1S/C20H21ClFN3O2/c1-12(14(3)19(26)24-16-7-5-15(22)6-8-16)10-11-23-20(27)17-9-4-13(2)18(21)25-17/h4-9,14H,1,10-11H2,2-3H3,(H,23,27)(H,24,26)/t14-/m0/s1. The summed E-state index contributed by atoms with van der Waals surface area (Å²) in [7, 11) is 0. The summed E-state index contributed by atoms with van der Waals surface area (Å²) in [6.45, 7) is 7.77. The van der Waals surface area contributed by atoms with Crippen molar-refractivity contribution in [2.75, 3.05) is 11.9 Å². The number of aromatic nitrogens is 1. The topological polar surface area (TPSA) is 71.1 Å². The maximum atomic E-state index is 12.9. The number of pyridine rings is 1. The number of rotatable bonds is 7. The van der Waals surface area contributed by atoms with Crippen LogP contribution in [-0.2, 0) is 4.79 Å². The lowest BCUT2D eigenvalue weighted by Gasteiger charge is -2.15. The molecule has 0 radical (unpaired) electrons. The number of nitrogens with one attached hydrogen (secondary N) is 2. The van der Waals surface area contributed by atoms with E-state index < -0.39 is 5.92 Å². The van der Waals surface area contributed by atoms with Gasteiger partial charge in [-0.05, 0) is 56.2 Å². The average Bonchev–Trinajstić information content (AvgIpc) is 2.64. The molecule has 0 saturated heterocycles. The summed E-state index contributed by atoms with van der Waals surface area (Å²) >= 11 is 5.92. The van der Waals surface area contributed by atoms with Crippen molar-refractivity contribution in [1.29, 1.82) is 0 Å². The van der Waals surface area contributed by atoms with Crippen molar-refractivity contribution in [1.82, 2.24) is 10.3 Å². The molecular weight excluding hydrogens is 369 g/mol. The smallest absolute Gasteiger partial charge is 0.269 e. The summed E-state index contributed by atoms with van der Waals surface area (Å²) in [6.07, 6.45) is 0.434. The fourth-order valence-electron chi connectivity index (χ4n) is 2.24. The van der Waals surface area contributed by atoms with Crippen LogP contribution in [0.2, 0.25) is 5.15 Å². The second-order valence-electron chi connectivity index (χ2n) is 6.19. The summed E-state index contributed by atoms with van der Waals surface area (Å²) < 4.78 is 12.9. The maximum Gasteiger partial charge on any atom is 0.269 e. The lowest BCUT2D eigenvalue weighted by atomic mass is 9.99. The maximum absolute atomic E-state index is 12.9. The Morgan fingerprint density at radius 1 is 1.22 bits per heavy atom. The number of benzene rings is 1. The average molecular weight is 390 g/mol. The molecule has 0 fully saturated rings. The number of halogens is 2. The minimum atomic E-state index is -0.459. The van der Waals surface area contributed by atoms with E-state index in [1.807, 2.05) is 0 Å². The van der Waals surface area contributed by atoms with Crippen LogP contribution in [0.5, 0.6) is 0 Å². The third-order valence-electron chi connectivity index (χ3n) is 4.12. The summed E-state index contributed by atoms with van der Waals surface area (Å²) in [5.41, 5.74) is 2.21. The van der Waals surface area contributed by atoms with E-state index in [0.29, 0.717) is 24.2 Å². The second kappa shape index (κ2) is 9.28. The van der Waals surface area contributed by atoms with E-state index in [1.54, 1.807) is 26.0 Å². The molecule has 0 aliphatic carbocycles. The molecule has 27 heavy (non-hydrogen) atoms. The Bertz CT molecular complexity index is 853. The van der Waals surface area contributed by atoms with Gasteiger partial charge in [0.25, 0.3) is 5.91 Å². The molecule has 2 amide bonds. The Hall–Kier alpha value is -2.73. The van der Waals surface area contributed by atoms with Crippen LogP contribution in [0.3, 0.4) is 0 Å². The Kier molecular flexibility index (Phi) is 7.07. The van der Waals surface area contributed by atoms with Crippen molar-refractivity contribution in [3.63, 3.8) is 0 Å². The monoisotopic (exact) mass is 389 g/mol. The summed E-state index contributed by atoms with van der Waals surface area (Å²) in [5.74, 6) is -1.41. The molecule has 142 valence electrons. The van der Waals surface area contributed by atoms with Crippen LogP contribution in [-0.4, -0.2) is 23.3 Å². The van der Waals surface area contributed by atoms with Crippen molar-refractivity contribution in [3.05, 3.63) is 70.8 Å². The first-order valence-electron chi connectivity index (χ1n) is 8.43. The highest BCUT2D eigenvalue weighted by Gasteiger charge is 2.17. The largest absolute Gasteiger partial charge is 0.350 e. The van der Waals surface area contributed by atoms with E-state index in [0.717, 1.165) is 5.56 Å². The molecule has 2 rings (SSSR count). The van der Waals surface area contributed by atoms with E-state index >= 15 is 0 Å². The number of carbonyl (C=O) groups is 2. The van der Waals surface area contributed by atoms with Gasteiger partial charge in [0.05, 0.1) is 5.92 Å². The summed E-state index contributed by atoms with van der Waals surface area (Å²) in [4.78, 5) is 28.4. The third-order valence-corrected chi connectivity index (χ3v) is 4.50. The first-order valence-corrected chi connectivity index (χ1v) is 8.81. The molecule has 7 heteroatoms. The number of aryl methyl sites for hydroxylation is 1. The van der Waals surface area contributed by atoms with E-state index in [2.05, 4.69) is 22.2 Å². The van der Waals surface area contributed by atoms with Gasteiger partial charge in [-0.25, -0.2) is 9.37 Å². The lowest BCUT2D eigenvalue weighted by Crippen LogP contribution is -2.28. The molecule has 0 bridgehead atoms. The fraction of sp³-hybridized carbons (Fsp3) is 0.250. The third kappa shape index (κ3) is 5.89. The second-order valence-corrected chi connectivity index (χ2v) is 6.54. The quantitative estimate of drug-likeness (QED) is 0.552. The first kappa shape index (κ1) is 20.6. The van der Waals surface area contributed by atoms with Crippen LogP contribution in [0.15, 0.2) is 48.6 Å². The van der Waals surface area contributed by atoms with Gasteiger partial charge in [0, 0.05) is 12.2 Å². The van der Waals surface area contributed by atoms with Crippen LogP contribution >= 0.6 is 11.6 Å². The molecule has 2 N–H and O–H groups in total. The first-order chi connectivity index (χ1) is 12.8. The highest BCUT2D eigenvalue weighted by Crippen LogP contribution is 2.16. The molecule has 0 spiro atoms. The molecule has 0 aliphatic heterocycles. The SMILES string of the molecule is C=C(CCNC(=O)c1ccc(C)c(Cl)n1)[C@H](C)C(=O)Nc1ccc(F)cc1. The number of amides is 2. The van der Waals surface area contributed by atoms with Crippen LogP contribution < -0.4 is 10.6 Å². The molecule has 1 aromatic heterocycles. The minimum absolute atomic E-state index is 0.235. The normalized spacial score (nSPS) is 11.6. The fourth-order valence-corrected chi connectivity index (χ4v) is 2.40. The molecule has 0 aliphatic rings. The molecular formula is C20H21ClFN3O2. The van der Waals surface area contributed by atoms with E-state index in [4.69, 9.17) is 11.6 Å². The van der Waals surface area contributed by atoms with E-state index in [-0.39, 0.29) is 28.5 Å². The van der Waals surface area contributed by atoms with Crippen LogP contribution in [0, 0.1) is 18.7 Å². The molecule has 1 atom stereocenters. The summed E-state index contributed by atoms with van der Waals surface area (Å²) in [6, 6.07) is 8.85. The number of anilines is 1. The van der Waals surface area contributed by atoms with Gasteiger partial charge in [-0.3, -0.25) is 9.59 Å². The van der Waals surface area contributed by atoms with Gasteiger partial charge >= 0.3 is 0 Å². The van der Waals surface area contributed by atoms with Crippen molar-refractivity contribution in [2.24, 2.45) is 5.92 Å². The number of nitrogens with zero attached hydrogens (tertiary/aromatic N) is 1.